The molecule has 0 fully saturated rings. The molecule has 0 radical (unpaired) electrons. The molecule has 5 nitrogen and oxygen atoms in total. The average Bonchev–Trinajstić information content (AvgIpc) is 2.48. The molecule has 3 N–H and O–H groups in total. The zero-order chi connectivity index (χ0) is 14.4. The summed E-state index contributed by atoms with van der Waals surface area (Å²) in [6.07, 6.45) is 0. The van der Waals surface area contributed by atoms with Gasteiger partial charge in [0.05, 0.1) is 19.3 Å². The molecule has 0 aromatic heterocycles. The number of hydrogen-bond acceptors (Lipinski definition) is 4. The predicted octanol–water partition coefficient (Wildman–Crippen LogP) is 2.45. The van der Waals surface area contributed by atoms with Crippen LogP contribution in [0.5, 0.6) is 11.5 Å². The fraction of sp³-hybridized carbons (Fsp3) is 0.133. The fourth-order valence-corrected chi connectivity index (χ4v) is 1.67. The van der Waals surface area contributed by atoms with E-state index in [1.54, 1.807) is 12.1 Å². The minimum absolute atomic E-state index is 0.00105. The number of methoxy groups -OCH3 is 1. The lowest BCUT2D eigenvalue weighted by Gasteiger charge is -2.10. The van der Waals surface area contributed by atoms with Crippen LogP contribution in [0, 0.1) is 0 Å². The van der Waals surface area contributed by atoms with E-state index in [1.165, 1.54) is 13.2 Å². The van der Waals surface area contributed by atoms with Gasteiger partial charge in [-0.15, -0.1) is 0 Å². The van der Waals surface area contributed by atoms with Crippen molar-refractivity contribution in [1.29, 1.82) is 0 Å². The molecule has 0 saturated heterocycles. The van der Waals surface area contributed by atoms with Crippen molar-refractivity contribution in [2.75, 3.05) is 24.3 Å². The summed E-state index contributed by atoms with van der Waals surface area (Å²) in [5, 5.41) is 15.3. The summed E-state index contributed by atoms with van der Waals surface area (Å²) >= 11 is 0. The Balaban J connectivity index is 1.94. The summed E-state index contributed by atoms with van der Waals surface area (Å²) in [7, 11) is 1.52. The standard InChI is InChI=1S/C15H16N2O3/c1-20-12-7-8-14(18)13(9-12)17-15(19)10-16-11-5-3-2-4-6-11/h2-9,16,18H,10H2,1H3,(H,17,19). The SMILES string of the molecule is COc1ccc(O)c(NC(=O)CNc2ccccc2)c1. The van der Waals surface area contributed by atoms with E-state index in [2.05, 4.69) is 10.6 Å². The highest BCUT2D eigenvalue weighted by atomic mass is 16.5. The molecule has 0 bridgehead atoms. The molecule has 0 aliphatic carbocycles. The first-order valence-corrected chi connectivity index (χ1v) is 6.15. The van der Waals surface area contributed by atoms with Crippen LogP contribution in [0.2, 0.25) is 0 Å². The number of para-hydroxylation sites is 1. The highest BCUT2D eigenvalue weighted by Crippen LogP contribution is 2.27. The molecule has 1 amide bonds. The monoisotopic (exact) mass is 272 g/mol. The van der Waals surface area contributed by atoms with Crippen LogP contribution in [0.1, 0.15) is 0 Å². The lowest BCUT2D eigenvalue weighted by atomic mass is 10.2. The van der Waals surface area contributed by atoms with Gasteiger partial charge in [-0.05, 0) is 24.3 Å². The quantitative estimate of drug-likeness (QED) is 0.731. The van der Waals surface area contributed by atoms with Gasteiger partial charge in [0.2, 0.25) is 5.91 Å². The number of phenols is 1. The van der Waals surface area contributed by atoms with E-state index >= 15 is 0 Å². The number of ether oxygens (including phenoxy) is 1. The Kier molecular flexibility index (Phi) is 4.44. The number of anilines is 2. The average molecular weight is 272 g/mol. The number of rotatable bonds is 5. The Hall–Kier alpha value is -2.69. The van der Waals surface area contributed by atoms with E-state index in [4.69, 9.17) is 4.74 Å². The van der Waals surface area contributed by atoms with Gasteiger partial charge in [0.25, 0.3) is 0 Å². The number of benzene rings is 2. The number of carbonyl (C=O) groups is 1. The van der Waals surface area contributed by atoms with E-state index in [9.17, 15) is 9.90 Å². The van der Waals surface area contributed by atoms with Gasteiger partial charge in [0.1, 0.15) is 11.5 Å². The smallest absolute Gasteiger partial charge is 0.243 e. The maximum absolute atomic E-state index is 11.8. The first-order valence-electron chi connectivity index (χ1n) is 6.15. The van der Waals surface area contributed by atoms with Crippen molar-refractivity contribution in [1.82, 2.24) is 0 Å². The molecule has 2 aromatic rings. The molecule has 20 heavy (non-hydrogen) atoms. The van der Waals surface area contributed by atoms with Crippen molar-refractivity contribution in [3.63, 3.8) is 0 Å². The van der Waals surface area contributed by atoms with E-state index in [0.29, 0.717) is 11.4 Å². The van der Waals surface area contributed by atoms with E-state index in [-0.39, 0.29) is 18.2 Å². The third-order valence-electron chi connectivity index (χ3n) is 2.70. The third kappa shape index (κ3) is 3.65. The van der Waals surface area contributed by atoms with Crippen LogP contribution in [-0.2, 0) is 4.79 Å². The van der Waals surface area contributed by atoms with Gasteiger partial charge < -0.3 is 20.5 Å². The van der Waals surface area contributed by atoms with E-state index < -0.39 is 0 Å². The second-order valence-corrected chi connectivity index (χ2v) is 4.15. The topological polar surface area (TPSA) is 70.6 Å². The summed E-state index contributed by atoms with van der Waals surface area (Å²) in [6, 6.07) is 14.1. The Labute approximate surface area is 117 Å². The minimum atomic E-state index is -0.252. The van der Waals surface area contributed by atoms with Crippen molar-refractivity contribution in [3.8, 4) is 11.5 Å². The van der Waals surface area contributed by atoms with Crippen LogP contribution < -0.4 is 15.4 Å². The van der Waals surface area contributed by atoms with E-state index in [0.717, 1.165) is 5.69 Å². The van der Waals surface area contributed by atoms with Gasteiger partial charge >= 0.3 is 0 Å². The number of amides is 1. The number of hydrogen-bond donors (Lipinski definition) is 3. The van der Waals surface area contributed by atoms with Crippen LogP contribution in [0.25, 0.3) is 0 Å². The molecule has 5 heteroatoms. The minimum Gasteiger partial charge on any atom is -0.506 e. The van der Waals surface area contributed by atoms with Gasteiger partial charge in [0, 0.05) is 11.8 Å². The van der Waals surface area contributed by atoms with Crippen LogP contribution in [-0.4, -0.2) is 24.7 Å². The molecule has 0 unspecified atom stereocenters. The summed E-state index contributed by atoms with van der Waals surface area (Å²) < 4.78 is 5.04. The predicted molar refractivity (Wildman–Crippen MR) is 78.2 cm³/mol. The molecule has 0 aliphatic rings. The summed E-state index contributed by atoms with van der Waals surface area (Å²) in [5.74, 6) is 0.311. The number of phenolic OH excluding ortho intramolecular Hbond substituents is 1. The fourth-order valence-electron chi connectivity index (χ4n) is 1.67. The molecule has 0 saturated carbocycles. The van der Waals surface area contributed by atoms with Crippen LogP contribution in [0.15, 0.2) is 48.5 Å². The molecule has 2 aromatic carbocycles. The normalized spacial score (nSPS) is 9.85. The van der Waals surface area contributed by atoms with Gasteiger partial charge in [-0.25, -0.2) is 0 Å². The molecular weight excluding hydrogens is 256 g/mol. The zero-order valence-electron chi connectivity index (χ0n) is 11.1. The molecular formula is C15H16N2O3. The lowest BCUT2D eigenvalue weighted by molar-refractivity contribution is -0.114. The highest BCUT2D eigenvalue weighted by molar-refractivity contribution is 5.95. The van der Waals surface area contributed by atoms with Crippen LogP contribution in [0.4, 0.5) is 11.4 Å². The first kappa shape index (κ1) is 13.7. The van der Waals surface area contributed by atoms with Crippen LogP contribution >= 0.6 is 0 Å². The number of aromatic hydroxyl groups is 1. The van der Waals surface area contributed by atoms with Crippen LogP contribution in [0.3, 0.4) is 0 Å². The van der Waals surface area contributed by atoms with Gasteiger partial charge in [0.15, 0.2) is 0 Å². The van der Waals surface area contributed by atoms with Crippen molar-refractivity contribution in [3.05, 3.63) is 48.5 Å². The molecule has 104 valence electrons. The zero-order valence-corrected chi connectivity index (χ0v) is 11.1. The number of nitrogens with one attached hydrogen (secondary N) is 2. The summed E-state index contributed by atoms with van der Waals surface area (Å²) in [5.41, 5.74) is 1.18. The maximum Gasteiger partial charge on any atom is 0.243 e. The molecule has 2 rings (SSSR count). The largest absolute Gasteiger partial charge is 0.506 e. The Bertz CT molecular complexity index is 585. The maximum atomic E-state index is 11.8. The first-order chi connectivity index (χ1) is 9.69. The van der Waals surface area contributed by atoms with Crippen molar-refractivity contribution < 1.29 is 14.6 Å². The second kappa shape index (κ2) is 6.47. The molecule has 0 atom stereocenters. The van der Waals surface area contributed by atoms with E-state index in [1.807, 2.05) is 30.3 Å². The van der Waals surface area contributed by atoms with Crippen molar-refractivity contribution in [2.24, 2.45) is 0 Å². The van der Waals surface area contributed by atoms with Crippen molar-refractivity contribution in [2.45, 2.75) is 0 Å². The molecule has 0 spiro atoms. The molecule has 0 aliphatic heterocycles. The Morgan fingerprint density at radius 2 is 1.95 bits per heavy atom. The summed E-state index contributed by atoms with van der Waals surface area (Å²) in [6.45, 7) is 0.112. The van der Waals surface area contributed by atoms with Gasteiger partial charge in [-0.3, -0.25) is 4.79 Å². The van der Waals surface area contributed by atoms with Gasteiger partial charge in [-0.1, -0.05) is 18.2 Å². The Morgan fingerprint density at radius 1 is 1.20 bits per heavy atom. The van der Waals surface area contributed by atoms with Gasteiger partial charge in [-0.2, -0.15) is 0 Å². The Morgan fingerprint density at radius 3 is 2.65 bits per heavy atom. The van der Waals surface area contributed by atoms with Crippen molar-refractivity contribution >= 4 is 17.3 Å². The third-order valence-corrected chi connectivity index (χ3v) is 2.70. The lowest BCUT2D eigenvalue weighted by Crippen LogP contribution is -2.21. The highest BCUT2D eigenvalue weighted by Gasteiger charge is 2.07. The molecule has 0 heterocycles. The summed E-state index contributed by atoms with van der Waals surface area (Å²) in [4.78, 5) is 11.8. The second-order valence-electron chi connectivity index (χ2n) is 4.15. The number of carbonyl (C=O) groups excluding carboxylic acids is 1.